The van der Waals surface area contributed by atoms with E-state index < -0.39 is 32.0 Å². The van der Waals surface area contributed by atoms with Crippen LogP contribution in [0.5, 0.6) is 0 Å². The number of nitrogens with zero attached hydrogens (tertiary/aromatic N) is 1. The Morgan fingerprint density at radius 3 is 2.29 bits per heavy atom. The Balaban J connectivity index is 3.73. The van der Waals surface area contributed by atoms with E-state index in [1.807, 2.05) is 0 Å². The van der Waals surface area contributed by atoms with Crippen LogP contribution in [0.2, 0.25) is 0 Å². The normalized spacial score (nSPS) is 11.2. The van der Waals surface area contributed by atoms with Crippen LogP contribution >= 0.6 is 0 Å². The molecule has 0 aliphatic heterocycles. The van der Waals surface area contributed by atoms with E-state index in [2.05, 4.69) is 0 Å². The van der Waals surface area contributed by atoms with Gasteiger partial charge in [-0.15, -0.1) is 0 Å². The van der Waals surface area contributed by atoms with Crippen molar-refractivity contribution in [1.82, 2.24) is 0 Å². The second-order valence-corrected chi connectivity index (χ2v) is 5.40. The molecule has 17 heavy (non-hydrogen) atoms. The predicted molar refractivity (Wildman–Crippen MR) is 57.9 cm³/mol. The molecule has 1 aromatic rings. The van der Waals surface area contributed by atoms with Crippen molar-refractivity contribution in [2.24, 2.45) is 0 Å². The van der Waals surface area contributed by atoms with Crippen LogP contribution in [0.4, 0.5) is 5.69 Å². The van der Waals surface area contributed by atoms with Crippen LogP contribution in [0.3, 0.4) is 0 Å². The number of carboxylic acid groups (broad SMARTS) is 1. The number of carbonyl (C=O) groups is 1. The zero-order valence-corrected chi connectivity index (χ0v) is 9.82. The third kappa shape index (κ3) is 2.41. The summed E-state index contributed by atoms with van der Waals surface area (Å²) in [5.41, 5.74) is -1.39. The Labute approximate surface area is 96.8 Å². The van der Waals surface area contributed by atoms with Crippen LogP contribution < -0.4 is 0 Å². The van der Waals surface area contributed by atoms with Crippen molar-refractivity contribution in [3.05, 3.63) is 33.4 Å². The average molecular weight is 259 g/mol. The number of benzene rings is 1. The fraction of sp³-hybridized carbons (Fsp3) is 0.222. The Morgan fingerprint density at radius 2 is 1.94 bits per heavy atom. The highest BCUT2D eigenvalue weighted by molar-refractivity contribution is 7.90. The third-order valence-corrected chi connectivity index (χ3v) is 3.43. The minimum Gasteiger partial charge on any atom is -0.477 e. The maximum absolute atomic E-state index is 11.3. The summed E-state index contributed by atoms with van der Waals surface area (Å²) in [5, 5.41) is 19.6. The lowest BCUT2D eigenvalue weighted by Gasteiger charge is -2.06. The lowest BCUT2D eigenvalue weighted by molar-refractivity contribution is -0.385. The summed E-state index contributed by atoms with van der Waals surface area (Å²) in [5.74, 6) is -1.47. The first-order valence-electron chi connectivity index (χ1n) is 4.37. The van der Waals surface area contributed by atoms with E-state index in [1.165, 1.54) is 6.92 Å². The number of hydrogen-bond acceptors (Lipinski definition) is 5. The molecule has 0 amide bonds. The molecule has 0 saturated heterocycles. The molecule has 0 fully saturated rings. The highest BCUT2D eigenvalue weighted by Gasteiger charge is 2.27. The van der Waals surface area contributed by atoms with Gasteiger partial charge in [-0.1, -0.05) is 0 Å². The minimum atomic E-state index is -3.63. The minimum absolute atomic E-state index is 0.169. The van der Waals surface area contributed by atoms with Gasteiger partial charge in [0.05, 0.1) is 9.82 Å². The van der Waals surface area contributed by atoms with Crippen molar-refractivity contribution >= 4 is 21.5 Å². The van der Waals surface area contributed by atoms with E-state index in [0.29, 0.717) is 0 Å². The summed E-state index contributed by atoms with van der Waals surface area (Å²) in [7, 11) is -3.63. The number of hydrogen-bond donors (Lipinski definition) is 1. The smallest absolute Gasteiger partial charge is 0.342 e. The molecule has 0 spiro atoms. The standard InChI is InChI=1S/C9H9NO6S/c1-5-7(17(2,15)16)4-3-6(9(11)12)8(5)10(13)14/h3-4H,1-2H3,(H,11,12). The van der Waals surface area contributed by atoms with E-state index in [0.717, 1.165) is 18.4 Å². The largest absolute Gasteiger partial charge is 0.477 e. The van der Waals surface area contributed by atoms with Crippen molar-refractivity contribution in [2.45, 2.75) is 11.8 Å². The number of sulfone groups is 1. The molecule has 0 aliphatic carbocycles. The first-order valence-corrected chi connectivity index (χ1v) is 6.26. The van der Waals surface area contributed by atoms with Gasteiger partial charge in [0.2, 0.25) is 0 Å². The highest BCUT2D eigenvalue weighted by atomic mass is 32.2. The average Bonchev–Trinajstić information content (AvgIpc) is 2.13. The van der Waals surface area contributed by atoms with Gasteiger partial charge in [-0.25, -0.2) is 13.2 Å². The molecule has 0 saturated carbocycles. The number of aromatic carboxylic acids is 1. The molecule has 0 radical (unpaired) electrons. The predicted octanol–water partition coefficient (Wildman–Crippen LogP) is 1.00. The summed E-state index contributed by atoms with van der Waals surface area (Å²) in [6.07, 6.45) is 0.902. The Kier molecular flexibility index (Phi) is 3.18. The second-order valence-electron chi connectivity index (χ2n) is 3.42. The molecule has 0 unspecified atom stereocenters. The zero-order chi connectivity index (χ0) is 13.4. The van der Waals surface area contributed by atoms with Crippen LogP contribution in [0.15, 0.2) is 17.0 Å². The van der Waals surface area contributed by atoms with Crippen LogP contribution in [0.25, 0.3) is 0 Å². The van der Waals surface area contributed by atoms with Gasteiger partial charge in [-0.05, 0) is 19.1 Å². The summed E-state index contributed by atoms with van der Waals surface area (Å²) in [6, 6.07) is 1.98. The number of nitro groups is 1. The summed E-state index contributed by atoms with van der Waals surface area (Å²) in [6.45, 7) is 1.21. The molecule has 0 heterocycles. The molecule has 7 nitrogen and oxygen atoms in total. The van der Waals surface area contributed by atoms with Crippen molar-refractivity contribution in [2.75, 3.05) is 6.26 Å². The van der Waals surface area contributed by atoms with Gasteiger partial charge in [0.1, 0.15) is 5.56 Å². The molecule has 1 aromatic carbocycles. The third-order valence-electron chi connectivity index (χ3n) is 2.19. The Morgan fingerprint density at radius 1 is 1.41 bits per heavy atom. The lowest BCUT2D eigenvalue weighted by Crippen LogP contribution is -2.08. The van der Waals surface area contributed by atoms with Gasteiger partial charge in [0.15, 0.2) is 9.84 Å². The number of nitro benzene ring substituents is 1. The van der Waals surface area contributed by atoms with Crippen molar-refractivity contribution < 1.29 is 23.2 Å². The first-order chi connectivity index (χ1) is 7.66. The van der Waals surface area contributed by atoms with Crippen LogP contribution in [-0.4, -0.2) is 30.7 Å². The second kappa shape index (κ2) is 4.13. The van der Waals surface area contributed by atoms with Crippen LogP contribution in [-0.2, 0) is 9.84 Å². The van der Waals surface area contributed by atoms with Gasteiger partial charge in [-0.2, -0.15) is 0 Å². The van der Waals surface area contributed by atoms with Crippen LogP contribution in [0.1, 0.15) is 15.9 Å². The maximum Gasteiger partial charge on any atom is 0.342 e. The van der Waals surface area contributed by atoms with Crippen molar-refractivity contribution in [3.63, 3.8) is 0 Å². The molecular formula is C9H9NO6S. The molecular weight excluding hydrogens is 250 g/mol. The molecule has 0 bridgehead atoms. The summed E-state index contributed by atoms with van der Waals surface area (Å²) < 4.78 is 22.7. The monoisotopic (exact) mass is 259 g/mol. The quantitative estimate of drug-likeness (QED) is 0.639. The van der Waals surface area contributed by atoms with Gasteiger partial charge in [0, 0.05) is 11.8 Å². The van der Waals surface area contributed by atoms with Crippen LogP contribution in [0, 0.1) is 17.0 Å². The first kappa shape index (κ1) is 13.1. The molecule has 0 atom stereocenters. The van der Waals surface area contributed by atoms with E-state index in [4.69, 9.17) is 5.11 Å². The van der Waals surface area contributed by atoms with Crippen molar-refractivity contribution in [1.29, 1.82) is 0 Å². The molecule has 92 valence electrons. The number of rotatable bonds is 3. The fourth-order valence-corrected chi connectivity index (χ4v) is 2.46. The van der Waals surface area contributed by atoms with Crippen molar-refractivity contribution in [3.8, 4) is 0 Å². The molecule has 1 rings (SSSR count). The number of carboxylic acids is 1. The highest BCUT2D eigenvalue weighted by Crippen LogP contribution is 2.29. The fourth-order valence-electron chi connectivity index (χ4n) is 1.49. The van der Waals surface area contributed by atoms with E-state index >= 15 is 0 Å². The molecule has 0 aromatic heterocycles. The van der Waals surface area contributed by atoms with Gasteiger partial charge < -0.3 is 5.11 Å². The van der Waals surface area contributed by atoms with E-state index in [1.54, 1.807) is 0 Å². The van der Waals surface area contributed by atoms with Gasteiger partial charge >= 0.3 is 5.97 Å². The van der Waals surface area contributed by atoms with E-state index in [9.17, 15) is 23.3 Å². The van der Waals surface area contributed by atoms with Gasteiger partial charge in [0.25, 0.3) is 5.69 Å². The Hall–Kier alpha value is -1.96. The van der Waals surface area contributed by atoms with Gasteiger partial charge in [-0.3, -0.25) is 10.1 Å². The SMILES string of the molecule is Cc1c(S(C)(=O)=O)ccc(C(=O)O)c1[N+](=O)[O-]. The summed E-state index contributed by atoms with van der Waals surface area (Å²) in [4.78, 5) is 20.4. The summed E-state index contributed by atoms with van der Waals surface area (Å²) >= 11 is 0. The molecule has 1 N–H and O–H groups in total. The zero-order valence-electron chi connectivity index (χ0n) is 9.00. The van der Waals surface area contributed by atoms with E-state index in [-0.39, 0.29) is 10.5 Å². The lowest BCUT2D eigenvalue weighted by atomic mass is 10.1. The Bertz CT molecular complexity index is 604. The topological polar surface area (TPSA) is 115 Å². The molecule has 0 aliphatic rings. The molecule has 8 heteroatoms. The maximum atomic E-state index is 11.3.